The minimum Gasteiger partial charge on any atom is -0.458 e. The van der Waals surface area contributed by atoms with Crippen LogP contribution in [0.1, 0.15) is 43.0 Å². The van der Waals surface area contributed by atoms with E-state index in [1.54, 1.807) is 0 Å². The fourth-order valence-corrected chi connectivity index (χ4v) is 10.4. The Kier molecular flexibility index (Phi) is 6.62. The molecule has 0 saturated carbocycles. The summed E-state index contributed by atoms with van der Waals surface area (Å²) in [5.74, 6) is 3.67. The fraction of sp³-hybridized carbons (Fsp3) is 0.156. The Hall–Kier alpha value is -5.04. The lowest BCUT2D eigenvalue weighted by molar-refractivity contribution is 0.467. The maximum absolute atomic E-state index is 7.07. The molecule has 0 spiro atoms. The second-order valence-electron chi connectivity index (χ2n) is 15.2. The molecule has 0 saturated heterocycles. The Labute approximate surface area is 306 Å². The zero-order valence-corrected chi connectivity index (χ0v) is 31.2. The van der Waals surface area contributed by atoms with Crippen molar-refractivity contribution < 1.29 is 9.47 Å². The molecule has 8 aromatic rings. The van der Waals surface area contributed by atoms with Crippen LogP contribution in [0.25, 0.3) is 30.3 Å². The molecule has 0 unspecified atom stereocenters. The van der Waals surface area contributed by atoms with Crippen LogP contribution in [0.2, 0.25) is 0 Å². The molecule has 4 heterocycles. The van der Waals surface area contributed by atoms with Crippen molar-refractivity contribution in [2.75, 3.05) is 4.90 Å². The van der Waals surface area contributed by atoms with Crippen molar-refractivity contribution in [2.45, 2.75) is 47.0 Å². The molecule has 0 radical (unpaired) electrons. The lowest BCUT2D eigenvalue weighted by Gasteiger charge is -2.34. The van der Waals surface area contributed by atoms with E-state index >= 15 is 0 Å². The second-order valence-corrected chi connectivity index (χ2v) is 17.3. The Morgan fingerprint density at radius 2 is 1.22 bits per heavy atom. The molecule has 10 rings (SSSR count). The van der Waals surface area contributed by atoms with Crippen LogP contribution in [0.15, 0.2) is 109 Å². The van der Waals surface area contributed by atoms with Gasteiger partial charge in [-0.3, -0.25) is 0 Å². The van der Waals surface area contributed by atoms with Crippen LogP contribution in [0.3, 0.4) is 0 Å². The second kappa shape index (κ2) is 11.0. The van der Waals surface area contributed by atoms with Gasteiger partial charge in [-0.25, -0.2) is 0 Å². The maximum atomic E-state index is 7.07. The number of hydrogen-bond donors (Lipinski definition) is 0. The third-order valence-corrected chi connectivity index (χ3v) is 12.9. The van der Waals surface area contributed by atoms with Crippen LogP contribution < -0.4 is 30.1 Å². The van der Waals surface area contributed by atoms with Crippen molar-refractivity contribution in [3.05, 3.63) is 131 Å². The number of thiophene rings is 2. The molecule has 6 heteroatoms. The molecule has 0 aliphatic carbocycles. The molecule has 0 N–H and O–H groups in total. The summed E-state index contributed by atoms with van der Waals surface area (Å²) in [5, 5.41) is 3.70. The molecule has 248 valence electrons. The quantitative estimate of drug-likeness (QED) is 0.172. The number of rotatable bonds is 3. The van der Waals surface area contributed by atoms with E-state index < -0.39 is 0 Å². The van der Waals surface area contributed by atoms with Crippen LogP contribution in [0, 0.1) is 20.8 Å². The first-order valence-corrected chi connectivity index (χ1v) is 19.2. The van der Waals surface area contributed by atoms with E-state index in [9.17, 15) is 0 Å². The van der Waals surface area contributed by atoms with Gasteiger partial charge in [0.25, 0.3) is 6.71 Å². The predicted molar refractivity (Wildman–Crippen MR) is 220 cm³/mol. The van der Waals surface area contributed by atoms with Crippen LogP contribution in [0.5, 0.6) is 23.0 Å². The third kappa shape index (κ3) is 4.69. The predicted octanol–water partition coefficient (Wildman–Crippen LogP) is 11.7. The Morgan fingerprint density at radius 1 is 0.588 bits per heavy atom. The van der Waals surface area contributed by atoms with Gasteiger partial charge in [0.15, 0.2) is 0 Å². The number of nitrogens with zero attached hydrogens (tertiary/aromatic N) is 1. The van der Waals surface area contributed by atoms with Gasteiger partial charge in [0.05, 0.1) is 5.69 Å². The van der Waals surface area contributed by atoms with Crippen LogP contribution >= 0.6 is 22.7 Å². The largest absolute Gasteiger partial charge is 0.458 e. The summed E-state index contributed by atoms with van der Waals surface area (Å²) >= 11 is 3.74. The van der Waals surface area contributed by atoms with Crippen LogP contribution in [-0.4, -0.2) is 6.71 Å². The number of fused-ring (bicyclic) bond motifs is 10. The van der Waals surface area contributed by atoms with Gasteiger partial charge in [-0.15, -0.1) is 22.7 Å². The standard InChI is InChI=1S/C45H36BNO2S2/c1-25-11-16-29(17-12-25)47(30-18-13-26(2)14-19-30)33-24-36-41(43-39(33)31-9-7-8-10-37(31)50-43)46-40-34(48-36)21-27(3)22-35(40)49-42-32-23-28(45(4,5)6)15-20-38(32)51-44(42)46/h7-24H,1-6H3. The van der Waals surface area contributed by atoms with Crippen molar-refractivity contribution in [1.29, 1.82) is 0 Å². The van der Waals surface area contributed by atoms with E-state index in [2.05, 4.69) is 156 Å². The molecule has 2 aliphatic rings. The summed E-state index contributed by atoms with van der Waals surface area (Å²) in [4.78, 5) is 2.41. The van der Waals surface area contributed by atoms with Crippen molar-refractivity contribution in [1.82, 2.24) is 0 Å². The normalized spacial score (nSPS) is 13.2. The number of anilines is 3. The highest BCUT2D eigenvalue weighted by atomic mass is 32.1. The average molecular weight is 698 g/mol. The summed E-state index contributed by atoms with van der Waals surface area (Å²) < 4.78 is 19.0. The van der Waals surface area contributed by atoms with Gasteiger partial charge < -0.3 is 14.4 Å². The van der Waals surface area contributed by atoms with Crippen LogP contribution in [-0.2, 0) is 5.41 Å². The van der Waals surface area contributed by atoms with Crippen molar-refractivity contribution >= 4 is 92.4 Å². The van der Waals surface area contributed by atoms with E-state index in [0.29, 0.717) is 0 Å². The van der Waals surface area contributed by atoms with Crippen molar-refractivity contribution in [3.63, 3.8) is 0 Å². The van der Waals surface area contributed by atoms with E-state index in [1.807, 2.05) is 22.7 Å². The molecule has 6 aromatic carbocycles. The highest BCUT2D eigenvalue weighted by molar-refractivity contribution is 7.34. The molecular weight excluding hydrogens is 661 g/mol. The fourth-order valence-electron chi connectivity index (χ4n) is 7.90. The average Bonchev–Trinajstić information content (AvgIpc) is 3.68. The van der Waals surface area contributed by atoms with Gasteiger partial charge >= 0.3 is 0 Å². The molecule has 0 fully saturated rings. The lowest BCUT2D eigenvalue weighted by Crippen LogP contribution is -2.56. The summed E-state index contributed by atoms with van der Waals surface area (Å²) in [5.41, 5.74) is 10.6. The van der Waals surface area contributed by atoms with Crippen molar-refractivity contribution in [3.8, 4) is 23.0 Å². The minimum atomic E-state index is -0.0181. The first kappa shape index (κ1) is 30.8. The van der Waals surface area contributed by atoms with Gasteiger partial charge in [0.2, 0.25) is 0 Å². The zero-order valence-electron chi connectivity index (χ0n) is 29.5. The molecule has 2 aromatic heterocycles. The van der Waals surface area contributed by atoms with Crippen LogP contribution in [0.4, 0.5) is 17.1 Å². The number of hydrogen-bond acceptors (Lipinski definition) is 5. The molecule has 0 amide bonds. The van der Waals surface area contributed by atoms with E-state index in [-0.39, 0.29) is 12.1 Å². The van der Waals surface area contributed by atoms with Gasteiger partial charge in [-0.1, -0.05) is 80.4 Å². The third-order valence-electron chi connectivity index (χ3n) is 10.5. The summed E-state index contributed by atoms with van der Waals surface area (Å²) in [6, 6.07) is 40.2. The van der Waals surface area contributed by atoms with E-state index in [0.717, 1.165) is 51.1 Å². The molecule has 0 atom stereocenters. The number of aryl methyl sites for hydroxylation is 3. The highest BCUT2D eigenvalue weighted by Crippen LogP contribution is 2.49. The Bertz CT molecular complexity index is 2670. The first-order valence-electron chi connectivity index (χ1n) is 17.6. The molecule has 2 aliphatic heterocycles. The van der Waals surface area contributed by atoms with Crippen molar-refractivity contribution in [2.24, 2.45) is 0 Å². The monoisotopic (exact) mass is 697 g/mol. The summed E-state index contributed by atoms with van der Waals surface area (Å²) in [6.45, 7) is 13.2. The van der Waals surface area contributed by atoms with Gasteiger partial charge in [0, 0.05) is 57.9 Å². The summed E-state index contributed by atoms with van der Waals surface area (Å²) in [6.07, 6.45) is 0. The SMILES string of the molecule is Cc1ccc(N(c2ccc(C)cc2)c2cc3c(c4sc5ccccc5c24)B2c4sc5ccc(C(C)(C)C)cc5c4Oc4cc(C)cc(c42)O3)cc1. The minimum absolute atomic E-state index is 0.0181. The van der Waals surface area contributed by atoms with E-state index in [4.69, 9.17) is 9.47 Å². The number of benzene rings is 6. The summed E-state index contributed by atoms with van der Waals surface area (Å²) in [7, 11) is 0. The number of ether oxygens (including phenoxy) is 2. The maximum Gasteiger partial charge on any atom is 0.275 e. The molecule has 0 bridgehead atoms. The first-order chi connectivity index (χ1) is 24.6. The van der Waals surface area contributed by atoms with Gasteiger partial charge in [-0.05, 0) is 97.4 Å². The topological polar surface area (TPSA) is 21.7 Å². The van der Waals surface area contributed by atoms with Gasteiger partial charge in [-0.2, -0.15) is 0 Å². The van der Waals surface area contributed by atoms with E-state index in [1.165, 1.54) is 57.2 Å². The van der Waals surface area contributed by atoms with Gasteiger partial charge in [0.1, 0.15) is 23.0 Å². The Balaban J connectivity index is 1.31. The molecular formula is C45H36BNO2S2. The zero-order chi connectivity index (χ0) is 34.8. The smallest absolute Gasteiger partial charge is 0.275 e. The lowest BCUT2D eigenvalue weighted by atomic mass is 9.37. The molecule has 51 heavy (non-hydrogen) atoms. The Morgan fingerprint density at radius 3 is 1.90 bits per heavy atom. The highest BCUT2D eigenvalue weighted by Gasteiger charge is 2.44. The molecule has 3 nitrogen and oxygen atoms in total.